The second-order valence-electron chi connectivity index (χ2n) is 4.69. The zero-order valence-electron chi connectivity index (χ0n) is 10.8. The topological polar surface area (TPSA) is 92.4 Å². The molecule has 0 heterocycles. The van der Waals surface area contributed by atoms with Crippen LogP contribution in [0.2, 0.25) is 5.02 Å². The Kier molecular flexibility index (Phi) is 5.18. The number of amides is 1. The molecule has 0 aliphatic carbocycles. The Morgan fingerprint density at radius 2 is 2.05 bits per heavy atom. The first kappa shape index (κ1) is 15.3. The van der Waals surface area contributed by atoms with Gasteiger partial charge in [-0.2, -0.15) is 0 Å². The number of carbonyl (C=O) groups excluding carboxylic acids is 1. The molecule has 1 aromatic rings. The van der Waals surface area contributed by atoms with Crippen LogP contribution in [0.1, 0.15) is 30.6 Å². The van der Waals surface area contributed by atoms with Crippen molar-refractivity contribution < 1.29 is 14.7 Å². The number of hydrogen-bond acceptors (Lipinski definition) is 3. The number of halogens is 1. The SMILES string of the molecule is CC(C)CC(NC(=O)c1cccc(Cl)c1N)C(=O)O. The summed E-state index contributed by atoms with van der Waals surface area (Å²) in [5.74, 6) is -1.45. The van der Waals surface area contributed by atoms with Crippen molar-refractivity contribution in [2.75, 3.05) is 5.73 Å². The Balaban J connectivity index is 2.88. The molecule has 4 N–H and O–H groups in total. The molecule has 104 valence electrons. The second-order valence-corrected chi connectivity index (χ2v) is 5.10. The molecule has 1 aromatic carbocycles. The van der Waals surface area contributed by atoms with Gasteiger partial charge in [-0.25, -0.2) is 4.79 Å². The molecule has 1 amide bonds. The molecular weight excluding hydrogens is 268 g/mol. The van der Waals surface area contributed by atoms with E-state index in [-0.39, 0.29) is 22.2 Å². The Hall–Kier alpha value is -1.75. The molecule has 0 bridgehead atoms. The number of para-hydroxylation sites is 1. The zero-order chi connectivity index (χ0) is 14.6. The minimum absolute atomic E-state index is 0.148. The summed E-state index contributed by atoms with van der Waals surface area (Å²) in [7, 11) is 0. The molecule has 6 heteroatoms. The van der Waals surface area contributed by atoms with Crippen molar-refractivity contribution in [3.8, 4) is 0 Å². The number of nitrogens with one attached hydrogen (secondary N) is 1. The molecule has 5 nitrogen and oxygen atoms in total. The summed E-state index contributed by atoms with van der Waals surface area (Å²) < 4.78 is 0. The number of carbonyl (C=O) groups is 2. The molecular formula is C13H17ClN2O3. The molecule has 0 aromatic heterocycles. The minimum Gasteiger partial charge on any atom is -0.480 e. The van der Waals surface area contributed by atoms with Crippen molar-refractivity contribution in [3.05, 3.63) is 28.8 Å². The fraction of sp³-hybridized carbons (Fsp3) is 0.385. The number of nitrogens with two attached hydrogens (primary N) is 1. The zero-order valence-corrected chi connectivity index (χ0v) is 11.6. The number of nitrogen functional groups attached to an aromatic ring is 1. The lowest BCUT2D eigenvalue weighted by Gasteiger charge is -2.17. The molecule has 1 rings (SSSR count). The van der Waals surface area contributed by atoms with Crippen LogP contribution in [0.15, 0.2) is 18.2 Å². The van der Waals surface area contributed by atoms with Crippen molar-refractivity contribution >= 4 is 29.2 Å². The van der Waals surface area contributed by atoms with E-state index in [2.05, 4.69) is 5.32 Å². The minimum atomic E-state index is -1.07. The fourth-order valence-corrected chi connectivity index (χ4v) is 1.84. The Morgan fingerprint density at radius 3 is 2.58 bits per heavy atom. The van der Waals surface area contributed by atoms with Crippen molar-refractivity contribution in [1.82, 2.24) is 5.32 Å². The number of hydrogen-bond donors (Lipinski definition) is 3. The van der Waals surface area contributed by atoms with Gasteiger partial charge in [0.1, 0.15) is 6.04 Å². The van der Waals surface area contributed by atoms with Crippen molar-refractivity contribution in [1.29, 1.82) is 0 Å². The van der Waals surface area contributed by atoms with Gasteiger partial charge in [-0.1, -0.05) is 31.5 Å². The largest absolute Gasteiger partial charge is 0.480 e. The number of carboxylic acid groups (broad SMARTS) is 1. The first-order chi connectivity index (χ1) is 8.82. The smallest absolute Gasteiger partial charge is 0.326 e. The van der Waals surface area contributed by atoms with Gasteiger partial charge in [-0.3, -0.25) is 4.79 Å². The third-order valence-electron chi connectivity index (χ3n) is 2.61. The molecule has 1 unspecified atom stereocenters. The maximum Gasteiger partial charge on any atom is 0.326 e. The van der Waals surface area contributed by atoms with E-state index in [0.717, 1.165) is 0 Å². The Labute approximate surface area is 116 Å². The highest BCUT2D eigenvalue weighted by atomic mass is 35.5. The lowest BCUT2D eigenvalue weighted by Crippen LogP contribution is -2.41. The third-order valence-corrected chi connectivity index (χ3v) is 2.94. The van der Waals surface area contributed by atoms with Crippen LogP contribution in [0.3, 0.4) is 0 Å². The van der Waals surface area contributed by atoms with Gasteiger partial charge in [-0.05, 0) is 24.5 Å². The quantitative estimate of drug-likeness (QED) is 0.722. The lowest BCUT2D eigenvalue weighted by atomic mass is 10.0. The Bertz CT molecular complexity index is 489. The first-order valence-corrected chi connectivity index (χ1v) is 6.28. The van der Waals surface area contributed by atoms with Gasteiger partial charge in [-0.15, -0.1) is 0 Å². The van der Waals surface area contributed by atoms with Crippen molar-refractivity contribution in [2.45, 2.75) is 26.3 Å². The molecule has 19 heavy (non-hydrogen) atoms. The van der Waals surface area contributed by atoms with Crippen molar-refractivity contribution in [3.63, 3.8) is 0 Å². The number of aliphatic carboxylic acids is 1. The number of rotatable bonds is 5. The van der Waals surface area contributed by atoms with Crippen LogP contribution >= 0.6 is 11.6 Å². The van der Waals surface area contributed by atoms with E-state index in [1.54, 1.807) is 12.1 Å². The molecule has 0 aliphatic rings. The average molecular weight is 285 g/mol. The summed E-state index contributed by atoms with van der Waals surface area (Å²) in [5, 5.41) is 11.8. The van der Waals surface area contributed by atoms with E-state index >= 15 is 0 Å². The van der Waals surface area contributed by atoms with Gasteiger partial charge in [0.05, 0.1) is 16.3 Å². The van der Waals surface area contributed by atoms with E-state index in [1.807, 2.05) is 13.8 Å². The number of anilines is 1. The van der Waals surface area contributed by atoms with Gasteiger partial charge in [0.2, 0.25) is 0 Å². The van der Waals surface area contributed by atoms with Crippen LogP contribution in [0.4, 0.5) is 5.69 Å². The van der Waals surface area contributed by atoms with E-state index in [1.165, 1.54) is 6.07 Å². The van der Waals surface area contributed by atoms with Gasteiger partial charge in [0.25, 0.3) is 5.91 Å². The van der Waals surface area contributed by atoms with E-state index in [0.29, 0.717) is 6.42 Å². The highest BCUT2D eigenvalue weighted by molar-refractivity contribution is 6.33. The summed E-state index contributed by atoms with van der Waals surface area (Å²) in [4.78, 5) is 23.1. The molecule has 0 spiro atoms. The maximum atomic E-state index is 12.0. The van der Waals surface area contributed by atoms with Crippen LogP contribution in [0.25, 0.3) is 0 Å². The summed E-state index contributed by atoms with van der Waals surface area (Å²) in [6.45, 7) is 3.77. The molecule has 1 atom stereocenters. The summed E-state index contributed by atoms with van der Waals surface area (Å²) >= 11 is 5.82. The third kappa shape index (κ3) is 4.13. The molecule has 0 fully saturated rings. The van der Waals surface area contributed by atoms with Crippen LogP contribution < -0.4 is 11.1 Å². The van der Waals surface area contributed by atoms with Crippen LogP contribution in [0, 0.1) is 5.92 Å². The molecule has 0 saturated carbocycles. The van der Waals surface area contributed by atoms with Gasteiger partial charge >= 0.3 is 5.97 Å². The van der Waals surface area contributed by atoms with Gasteiger partial charge in [0.15, 0.2) is 0 Å². The van der Waals surface area contributed by atoms with Gasteiger partial charge in [0, 0.05) is 0 Å². The number of benzene rings is 1. The van der Waals surface area contributed by atoms with E-state index in [4.69, 9.17) is 22.4 Å². The van der Waals surface area contributed by atoms with Crippen LogP contribution in [0.5, 0.6) is 0 Å². The summed E-state index contributed by atoms with van der Waals surface area (Å²) in [5.41, 5.74) is 6.03. The van der Waals surface area contributed by atoms with Crippen LogP contribution in [-0.4, -0.2) is 23.0 Å². The van der Waals surface area contributed by atoms with Gasteiger partial charge < -0.3 is 16.2 Å². The Morgan fingerprint density at radius 1 is 1.42 bits per heavy atom. The predicted molar refractivity (Wildman–Crippen MR) is 74.2 cm³/mol. The van der Waals surface area contributed by atoms with E-state index in [9.17, 15) is 9.59 Å². The summed E-state index contributed by atoms with van der Waals surface area (Å²) in [6.07, 6.45) is 0.349. The monoisotopic (exact) mass is 284 g/mol. The number of carboxylic acids is 1. The normalized spacial score (nSPS) is 12.2. The molecule has 0 saturated heterocycles. The second kappa shape index (κ2) is 6.43. The standard InChI is InChI=1S/C13H17ClN2O3/c1-7(2)6-10(13(18)19)16-12(17)8-4-3-5-9(14)11(8)15/h3-5,7,10H,6,15H2,1-2H3,(H,16,17)(H,18,19). The maximum absolute atomic E-state index is 12.0. The lowest BCUT2D eigenvalue weighted by molar-refractivity contribution is -0.139. The average Bonchev–Trinajstić information content (AvgIpc) is 2.31. The highest BCUT2D eigenvalue weighted by Gasteiger charge is 2.22. The molecule has 0 aliphatic heterocycles. The van der Waals surface area contributed by atoms with Crippen LogP contribution in [-0.2, 0) is 4.79 Å². The van der Waals surface area contributed by atoms with Crippen molar-refractivity contribution in [2.24, 2.45) is 5.92 Å². The predicted octanol–water partition coefficient (Wildman–Crippen LogP) is 2.15. The summed E-state index contributed by atoms with van der Waals surface area (Å²) in [6, 6.07) is 3.72. The highest BCUT2D eigenvalue weighted by Crippen LogP contribution is 2.22. The van der Waals surface area contributed by atoms with E-state index < -0.39 is 17.9 Å². The fourth-order valence-electron chi connectivity index (χ4n) is 1.66. The first-order valence-electron chi connectivity index (χ1n) is 5.90. The molecule has 0 radical (unpaired) electrons.